The monoisotopic (exact) mass is 207 g/mol. The van der Waals surface area contributed by atoms with Crippen LogP contribution in [-0.4, -0.2) is 18.7 Å². The molecule has 0 aromatic heterocycles. The number of para-hydroxylation sites is 1. The van der Waals surface area contributed by atoms with Crippen LogP contribution in [0.25, 0.3) is 0 Å². The molecule has 0 aliphatic heterocycles. The van der Waals surface area contributed by atoms with E-state index in [1.807, 2.05) is 0 Å². The van der Waals surface area contributed by atoms with E-state index in [4.69, 9.17) is 10.5 Å². The van der Waals surface area contributed by atoms with Gasteiger partial charge in [0.05, 0.1) is 19.2 Å². The summed E-state index contributed by atoms with van der Waals surface area (Å²) < 4.78 is 4.98. The zero-order valence-electron chi connectivity index (χ0n) is 8.74. The summed E-state index contributed by atoms with van der Waals surface area (Å²) in [5.41, 5.74) is 6.33. The Morgan fingerprint density at radius 1 is 1.40 bits per heavy atom. The molecule has 0 amide bonds. The molecular weight excluding hydrogens is 194 g/mol. The molecule has 1 rings (SSSR count). The minimum Gasteiger partial charge on any atom is -0.495 e. The first-order valence-corrected chi connectivity index (χ1v) is 4.51. The molecule has 0 unspecified atom stereocenters. The standard InChI is InChI=1S/C11H13NO3/c1-7(13)6-9(14)8-4-3-5-10(15-2)11(8)12/h3-5H,6,12H2,1-2H3. The van der Waals surface area contributed by atoms with E-state index >= 15 is 0 Å². The van der Waals surface area contributed by atoms with Gasteiger partial charge < -0.3 is 10.5 Å². The lowest BCUT2D eigenvalue weighted by Gasteiger charge is -2.08. The van der Waals surface area contributed by atoms with Crippen LogP contribution in [0.15, 0.2) is 18.2 Å². The van der Waals surface area contributed by atoms with Gasteiger partial charge in [0.2, 0.25) is 0 Å². The molecule has 0 saturated heterocycles. The van der Waals surface area contributed by atoms with Crippen molar-refractivity contribution in [1.29, 1.82) is 0 Å². The molecule has 1 aromatic rings. The van der Waals surface area contributed by atoms with Crippen molar-refractivity contribution in [3.8, 4) is 5.75 Å². The highest BCUT2D eigenvalue weighted by atomic mass is 16.5. The molecule has 4 heteroatoms. The van der Waals surface area contributed by atoms with Gasteiger partial charge in [-0.2, -0.15) is 0 Å². The Kier molecular flexibility index (Phi) is 3.44. The summed E-state index contributed by atoms with van der Waals surface area (Å²) in [7, 11) is 1.48. The molecule has 0 aliphatic rings. The summed E-state index contributed by atoms with van der Waals surface area (Å²) in [6, 6.07) is 4.92. The molecule has 0 aliphatic carbocycles. The molecule has 0 radical (unpaired) electrons. The van der Waals surface area contributed by atoms with Crippen molar-refractivity contribution in [2.45, 2.75) is 13.3 Å². The fourth-order valence-electron chi connectivity index (χ4n) is 1.29. The molecule has 4 nitrogen and oxygen atoms in total. The van der Waals surface area contributed by atoms with E-state index < -0.39 is 0 Å². The van der Waals surface area contributed by atoms with Gasteiger partial charge in [-0.25, -0.2) is 0 Å². The lowest BCUT2D eigenvalue weighted by Crippen LogP contribution is -2.08. The van der Waals surface area contributed by atoms with Gasteiger partial charge in [-0.15, -0.1) is 0 Å². The number of carbonyl (C=O) groups excluding carboxylic acids is 2. The average Bonchev–Trinajstić information content (AvgIpc) is 2.17. The Morgan fingerprint density at radius 3 is 2.60 bits per heavy atom. The van der Waals surface area contributed by atoms with Crippen LogP contribution in [0.5, 0.6) is 5.75 Å². The lowest BCUT2D eigenvalue weighted by molar-refractivity contribution is -0.116. The van der Waals surface area contributed by atoms with Gasteiger partial charge in [0, 0.05) is 5.56 Å². The van der Waals surface area contributed by atoms with Crippen LogP contribution >= 0.6 is 0 Å². The zero-order chi connectivity index (χ0) is 11.4. The van der Waals surface area contributed by atoms with Crippen molar-refractivity contribution in [2.75, 3.05) is 12.8 Å². The van der Waals surface area contributed by atoms with Gasteiger partial charge in [0.25, 0.3) is 0 Å². The molecule has 2 N–H and O–H groups in total. The third-order valence-corrected chi connectivity index (χ3v) is 2.00. The molecular formula is C11H13NO3. The maximum absolute atomic E-state index is 11.6. The molecule has 1 aromatic carbocycles. The van der Waals surface area contributed by atoms with E-state index in [2.05, 4.69) is 0 Å². The second-order valence-corrected chi connectivity index (χ2v) is 3.22. The number of carbonyl (C=O) groups is 2. The summed E-state index contributed by atoms with van der Waals surface area (Å²) in [5.74, 6) is -0.00878. The number of rotatable bonds is 4. The normalized spacial score (nSPS) is 9.73. The Balaban J connectivity index is 3.04. The molecule has 80 valence electrons. The number of hydrogen-bond donors (Lipinski definition) is 1. The van der Waals surface area contributed by atoms with Crippen LogP contribution in [0, 0.1) is 0 Å². The van der Waals surface area contributed by atoms with Crippen LogP contribution in [0.3, 0.4) is 0 Å². The van der Waals surface area contributed by atoms with Crippen molar-refractivity contribution in [1.82, 2.24) is 0 Å². The third kappa shape index (κ3) is 2.56. The summed E-state index contributed by atoms with van der Waals surface area (Å²) >= 11 is 0. The predicted octanol–water partition coefficient (Wildman–Crippen LogP) is 1.44. The minimum absolute atomic E-state index is 0.128. The van der Waals surface area contributed by atoms with Crippen molar-refractivity contribution in [3.05, 3.63) is 23.8 Å². The Morgan fingerprint density at radius 2 is 2.07 bits per heavy atom. The first-order chi connectivity index (χ1) is 7.06. The van der Waals surface area contributed by atoms with E-state index in [0.29, 0.717) is 11.3 Å². The van der Waals surface area contributed by atoms with E-state index in [-0.39, 0.29) is 23.7 Å². The van der Waals surface area contributed by atoms with Crippen molar-refractivity contribution in [2.24, 2.45) is 0 Å². The lowest BCUT2D eigenvalue weighted by atomic mass is 10.0. The highest BCUT2D eigenvalue weighted by molar-refractivity contribution is 6.10. The fraction of sp³-hybridized carbons (Fsp3) is 0.273. The molecule has 15 heavy (non-hydrogen) atoms. The number of hydrogen-bond acceptors (Lipinski definition) is 4. The number of nitrogens with two attached hydrogens (primary N) is 1. The van der Waals surface area contributed by atoms with Crippen molar-refractivity contribution < 1.29 is 14.3 Å². The zero-order valence-corrected chi connectivity index (χ0v) is 8.74. The highest BCUT2D eigenvalue weighted by Crippen LogP contribution is 2.25. The van der Waals surface area contributed by atoms with E-state index in [1.165, 1.54) is 14.0 Å². The predicted molar refractivity (Wildman–Crippen MR) is 57.0 cm³/mol. The summed E-state index contributed by atoms with van der Waals surface area (Å²) in [5, 5.41) is 0. The van der Waals surface area contributed by atoms with Crippen LogP contribution in [0.4, 0.5) is 5.69 Å². The number of ether oxygens (including phenoxy) is 1. The van der Waals surface area contributed by atoms with Crippen LogP contribution in [0.2, 0.25) is 0 Å². The molecule has 0 spiro atoms. The van der Waals surface area contributed by atoms with Gasteiger partial charge in [-0.1, -0.05) is 6.07 Å². The second-order valence-electron chi connectivity index (χ2n) is 3.22. The summed E-state index contributed by atoms with van der Waals surface area (Å²) in [6.07, 6.45) is -0.128. The topological polar surface area (TPSA) is 69.4 Å². The molecule has 0 saturated carbocycles. The summed E-state index contributed by atoms with van der Waals surface area (Å²) in [4.78, 5) is 22.4. The van der Waals surface area contributed by atoms with E-state index in [9.17, 15) is 9.59 Å². The first kappa shape index (κ1) is 11.2. The molecule has 0 heterocycles. The Labute approximate surface area is 88.0 Å². The largest absolute Gasteiger partial charge is 0.495 e. The molecule has 0 atom stereocenters. The van der Waals surface area contributed by atoms with Gasteiger partial charge in [0.15, 0.2) is 5.78 Å². The van der Waals surface area contributed by atoms with Gasteiger partial charge in [0.1, 0.15) is 11.5 Å². The van der Waals surface area contributed by atoms with Crippen LogP contribution < -0.4 is 10.5 Å². The number of benzene rings is 1. The highest BCUT2D eigenvalue weighted by Gasteiger charge is 2.14. The maximum atomic E-state index is 11.6. The Bertz CT molecular complexity index is 399. The van der Waals surface area contributed by atoms with Crippen molar-refractivity contribution >= 4 is 17.3 Å². The number of nitrogen functional groups attached to an aromatic ring is 1. The Hall–Kier alpha value is -1.84. The quantitative estimate of drug-likeness (QED) is 0.460. The van der Waals surface area contributed by atoms with Crippen LogP contribution in [0.1, 0.15) is 23.7 Å². The van der Waals surface area contributed by atoms with Gasteiger partial charge >= 0.3 is 0 Å². The number of methoxy groups -OCH3 is 1. The maximum Gasteiger partial charge on any atom is 0.172 e. The number of ketones is 2. The van der Waals surface area contributed by atoms with Crippen molar-refractivity contribution in [3.63, 3.8) is 0 Å². The number of anilines is 1. The smallest absolute Gasteiger partial charge is 0.172 e. The van der Waals surface area contributed by atoms with Crippen LogP contribution in [-0.2, 0) is 4.79 Å². The third-order valence-electron chi connectivity index (χ3n) is 2.00. The average molecular weight is 207 g/mol. The SMILES string of the molecule is COc1cccc(C(=O)CC(C)=O)c1N. The fourth-order valence-corrected chi connectivity index (χ4v) is 1.29. The van der Waals surface area contributed by atoms with Gasteiger partial charge in [-0.05, 0) is 19.1 Å². The molecule has 0 bridgehead atoms. The minimum atomic E-state index is -0.279. The van der Waals surface area contributed by atoms with E-state index in [0.717, 1.165) is 0 Å². The van der Waals surface area contributed by atoms with E-state index in [1.54, 1.807) is 18.2 Å². The second kappa shape index (κ2) is 4.59. The summed E-state index contributed by atoms with van der Waals surface area (Å²) in [6.45, 7) is 1.37. The molecule has 0 fully saturated rings. The van der Waals surface area contributed by atoms with Gasteiger partial charge in [-0.3, -0.25) is 9.59 Å². The first-order valence-electron chi connectivity index (χ1n) is 4.51. The number of Topliss-reactive ketones (excluding diaryl/α,β-unsaturated/α-hetero) is 2.